The summed E-state index contributed by atoms with van der Waals surface area (Å²) >= 11 is 6.25. The molecule has 18 heavy (non-hydrogen) atoms. The number of hydrogen-bond donors (Lipinski definition) is 2. The SMILES string of the molecule is CC1CN(C(CN)c2ccccc2Cl)CCC1O. The summed E-state index contributed by atoms with van der Waals surface area (Å²) in [6.07, 6.45) is 0.619. The van der Waals surface area contributed by atoms with Crippen molar-refractivity contribution in [3.8, 4) is 0 Å². The second-order valence-corrected chi connectivity index (χ2v) is 5.51. The summed E-state index contributed by atoms with van der Waals surface area (Å²) < 4.78 is 0. The summed E-state index contributed by atoms with van der Waals surface area (Å²) in [5.74, 6) is 0.287. The molecule has 3 unspecified atom stereocenters. The van der Waals surface area contributed by atoms with Crippen molar-refractivity contribution in [1.29, 1.82) is 0 Å². The molecule has 1 aromatic rings. The molecule has 1 heterocycles. The average Bonchev–Trinajstić information content (AvgIpc) is 2.37. The van der Waals surface area contributed by atoms with Crippen LogP contribution in [0.3, 0.4) is 0 Å². The Balaban J connectivity index is 2.17. The van der Waals surface area contributed by atoms with Gasteiger partial charge in [-0.1, -0.05) is 36.7 Å². The average molecular weight is 269 g/mol. The van der Waals surface area contributed by atoms with E-state index < -0.39 is 0 Å². The van der Waals surface area contributed by atoms with Crippen LogP contribution in [0.1, 0.15) is 24.9 Å². The number of halogens is 1. The van der Waals surface area contributed by atoms with Crippen LogP contribution in [0.2, 0.25) is 5.02 Å². The van der Waals surface area contributed by atoms with E-state index in [1.807, 2.05) is 24.3 Å². The van der Waals surface area contributed by atoms with Gasteiger partial charge in [0.1, 0.15) is 0 Å². The van der Waals surface area contributed by atoms with Crippen LogP contribution in [0.15, 0.2) is 24.3 Å². The fourth-order valence-electron chi connectivity index (χ4n) is 2.67. The van der Waals surface area contributed by atoms with Gasteiger partial charge in [-0.25, -0.2) is 0 Å². The zero-order valence-electron chi connectivity index (χ0n) is 10.7. The van der Waals surface area contributed by atoms with Crippen LogP contribution in [0.25, 0.3) is 0 Å². The molecule has 0 aliphatic carbocycles. The maximum absolute atomic E-state index is 9.79. The molecule has 2 rings (SSSR count). The Kier molecular flexibility index (Phi) is 4.62. The van der Waals surface area contributed by atoms with Crippen molar-refractivity contribution in [2.45, 2.75) is 25.5 Å². The minimum absolute atomic E-state index is 0.147. The Labute approximate surface area is 114 Å². The highest BCUT2D eigenvalue weighted by Crippen LogP contribution is 2.30. The van der Waals surface area contributed by atoms with E-state index in [9.17, 15) is 5.11 Å². The molecule has 1 aromatic carbocycles. The number of rotatable bonds is 3. The van der Waals surface area contributed by atoms with Gasteiger partial charge in [-0.15, -0.1) is 0 Å². The van der Waals surface area contributed by atoms with E-state index in [0.29, 0.717) is 6.54 Å². The van der Waals surface area contributed by atoms with E-state index in [4.69, 9.17) is 17.3 Å². The van der Waals surface area contributed by atoms with Gasteiger partial charge in [0.15, 0.2) is 0 Å². The molecule has 0 saturated carbocycles. The summed E-state index contributed by atoms with van der Waals surface area (Å²) in [5, 5.41) is 10.6. The standard InChI is InChI=1S/C14H21ClN2O/c1-10-9-17(7-6-14(10)18)13(8-16)11-4-2-3-5-12(11)15/h2-5,10,13-14,18H,6-9,16H2,1H3. The van der Waals surface area contributed by atoms with Gasteiger partial charge in [0.25, 0.3) is 0 Å². The van der Waals surface area contributed by atoms with E-state index in [2.05, 4.69) is 11.8 Å². The highest BCUT2D eigenvalue weighted by Gasteiger charge is 2.29. The molecule has 100 valence electrons. The zero-order chi connectivity index (χ0) is 13.1. The van der Waals surface area contributed by atoms with Gasteiger partial charge in [-0.3, -0.25) is 4.90 Å². The Morgan fingerprint density at radius 2 is 2.22 bits per heavy atom. The first kappa shape index (κ1) is 13.8. The lowest BCUT2D eigenvalue weighted by Crippen LogP contribution is -2.45. The van der Waals surface area contributed by atoms with Gasteiger partial charge in [0, 0.05) is 30.7 Å². The first-order valence-corrected chi connectivity index (χ1v) is 6.88. The predicted molar refractivity (Wildman–Crippen MR) is 74.6 cm³/mol. The summed E-state index contributed by atoms with van der Waals surface area (Å²) in [7, 11) is 0. The molecule has 3 nitrogen and oxygen atoms in total. The number of nitrogens with two attached hydrogens (primary N) is 1. The molecule has 0 amide bonds. The van der Waals surface area contributed by atoms with Gasteiger partial charge in [-0.2, -0.15) is 0 Å². The first-order chi connectivity index (χ1) is 8.63. The number of hydrogen-bond acceptors (Lipinski definition) is 3. The van der Waals surface area contributed by atoms with E-state index >= 15 is 0 Å². The van der Waals surface area contributed by atoms with Crippen molar-refractivity contribution in [2.24, 2.45) is 11.7 Å². The molecule has 1 fully saturated rings. The summed E-state index contributed by atoms with van der Waals surface area (Å²) in [5.41, 5.74) is 7.01. The van der Waals surface area contributed by atoms with Crippen molar-refractivity contribution in [2.75, 3.05) is 19.6 Å². The lowest BCUT2D eigenvalue weighted by atomic mass is 9.93. The van der Waals surface area contributed by atoms with Crippen molar-refractivity contribution >= 4 is 11.6 Å². The summed E-state index contributed by atoms with van der Waals surface area (Å²) in [6, 6.07) is 8.01. The smallest absolute Gasteiger partial charge is 0.0590 e. The second-order valence-electron chi connectivity index (χ2n) is 5.10. The molecule has 0 radical (unpaired) electrons. The third kappa shape index (κ3) is 2.86. The largest absolute Gasteiger partial charge is 0.393 e. The van der Waals surface area contributed by atoms with Crippen LogP contribution < -0.4 is 5.73 Å². The predicted octanol–water partition coefficient (Wildman–Crippen LogP) is 2.04. The number of piperidine rings is 1. The maximum atomic E-state index is 9.79. The van der Waals surface area contributed by atoms with E-state index in [1.54, 1.807) is 0 Å². The van der Waals surface area contributed by atoms with Crippen molar-refractivity contribution < 1.29 is 5.11 Å². The number of benzene rings is 1. The third-order valence-corrected chi connectivity index (χ3v) is 4.16. The van der Waals surface area contributed by atoms with Gasteiger partial charge in [0.2, 0.25) is 0 Å². The Morgan fingerprint density at radius 1 is 1.50 bits per heavy atom. The Morgan fingerprint density at radius 3 is 2.83 bits per heavy atom. The van der Waals surface area contributed by atoms with Crippen LogP contribution in [-0.4, -0.2) is 35.7 Å². The minimum atomic E-state index is -0.189. The van der Waals surface area contributed by atoms with Crippen LogP contribution >= 0.6 is 11.6 Å². The van der Waals surface area contributed by atoms with E-state index in [-0.39, 0.29) is 18.1 Å². The van der Waals surface area contributed by atoms with Crippen LogP contribution in [-0.2, 0) is 0 Å². The van der Waals surface area contributed by atoms with Crippen molar-refractivity contribution in [3.05, 3.63) is 34.9 Å². The van der Waals surface area contributed by atoms with Crippen LogP contribution in [0.4, 0.5) is 0 Å². The second kappa shape index (κ2) is 6.02. The highest BCUT2D eigenvalue weighted by atomic mass is 35.5. The Hall–Kier alpha value is -0.610. The van der Waals surface area contributed by atoms with Crippen LogP contribution in [0, 0.1) is 5.92 Å². The molecular weight excluding hydrogens is 248 g/mol. The quantitative estimate of drug-likeness (QED) is 0.882. The molecule has 1 aliphatic rings. The molecule has 3 atom stereocenters. The number of likely N-dealkylation sites (tertiary alicyclic amines) is 1. The molecule has 3 N–H and O–H groups in total. The number of aliphatic hydroxyl groups is 1. The van der Waals surface area contributed by atoms with Crippen LogP contribution in [0.5, 0.6) is 0 Å². The van der Waals surface area contributed by atoms with Gasteiger partial charge < -0.3 is 10.8 Å². The summed E-state index contributed by atoms with van der Waals surface area (Å²) in [4.78, 5) is 2.33. The molecule has 0 aromatic heterocycles. The molecule has 0 bridgehead atoms. The minimum Gasteiger partial charge on any atom is -0.393 e. The van der Waals surface area contributed by atoms with Crippen molar-refractivity contribution in [3.63, 3.8) is 0 Å². The zero-order valence-corrected chi connectivity index (χ0v) is 11.5. The lowest BCUT2D eigenvalue weighted by Gasteiger charge is -2.39. The number of aliphatic hydroxyl groups excluding tert-OH is 1. The lowest BCUT2D eigenvalue weighted by molar-refractivity contribution is 0.0181. The molecular formula is C14H21ClN2O. The monoisotopic (exact) mass is 268 g/mol. The fourth-order valence-corrected chi connectivity index (χ4v) is 2.93. The van der Waals surface area contributed by atoms with Crippen molar-refractivity contribution in [1.82, 2.24) is 4.90 Å². The normalized spacial score (nSPS) is 27.1. The van der Waals surface area contributed by atoms with Gasteiger partial charge in [-0.05, 0) is 24.0 Å². The third-order valence-electron chi connectivity index (χ3n) is 3.82. The molecule has 4 heteroatoms. The summed E-state index contributed by atoms with van der Waals surface area (Å²) in [6.45, 7) is 4.37. The molecule has 1 aliphatic heterocycles. The highest BCUT2D eigenvalue weighted by molar-refractivity contribution is 6.31. The maximum Gasteiger partial charge on any atom is 0.0590 e. The van der Waals surface area contributed by atoms with Gasteiger partial charge in [0.05, 0.1) is 6.10 Å². The van der Waals surface area contributed by atoms with Gasteiger partial charge >= 0.3 is 0 Å². The van der Waals surface area contributed by atoms with E-state index in [0.717, 1.165) is 30.1 Å². The Bertz CT molecular complexity index is 399. The molecule has 1 saturated heterocycles. The molecule has 0 spiro atoms. The first-order valence-electron chi connectivity index (χ1n) is 6.50. The topological polar surface area (TPSA) is 49.5 Å². The van der Waals surface area contributed by atoms with E-state index in [1.165, 1.54) is 0 Å². The fraction of sp³-hybridized carbons (Fsp3) is 0.571. The number of nitrogens with zero attached hydrogens (tertiary/aromatic N) is 1.